The second kappa shape index (κ2) is 8.62. The second-order valence-corrected chi connectivity index (χ2v) is 3.44. The van der Waals surface area contributed by atoms with Crippen LogP contribution in [-0.4, -0.2) is 22.5 Å². The van der Waals surface area contributed by atoms with Gasteiger partial charge in [0.25, 0.3) is 5.69 Å². The van der Waals surface area contributed by atoms with Gasteiger partial charge in [-0.3, -0.25) is 10.1 Å². The van der Waals surface area contributed by atoms with Crippen LogP contribution in [0.1, 0.15) is 12.5 Å². The number of hydrogen-bond acceptors (Lipinski definition) is 6. The molecular formula is C10H8ClKN2O5. The minimum absolute atomic E-state index is 0. The van der Waals surface area contributed by atoms with E-state index in [-0.39, 0.29) is 68.7 Å². The Morgan fingerprint density at radius 1 is 1.63 bits per heavy atom. The van der Waals surface area contributed by atoms with Crippen molar-refractivity contribution in [3.05, 3.63) is 38.9 Å². The van der Waals surface area contributed by atoms with E-state index in [9.17, 15) is 20.0 Å². The number of carbonyl (C=O) groups is 1. The molecule has 0 bridgehead atoms. The third kappa shape index (κ3) is 5.55. The van der Waals surface area contributed by atoms with Gasteiger partial charge in [0, 0.05) is 0 Å². The van der Waals surface area contributed by atoms with Gasteiger partial charge in [0.1, 0.15) is 11.3 Å². The van der Waals surface area contributed by atoms with E-state index in [2.05, 4.69) is 9.72 Å². The predicted octanol–water partition coefficient (Wildman–Crippen LogP) is -2.09. The Kier molecular flexibility index (Phi) is 8.38. The molecule has 0 spiro atoms. The number of nitrogens with zero attached hydrogens (tertiary/aromatic N) is 2. The quantitative estimate of drug-likeness (QED) is 0.120. The summed E-state index contributed by atoms with van der Waals surface area (Å²) >= 11 is 5.56. The van der Waals surface area contributed by atoms with Crippen molar-refractivity contribution < 1.29 is 70.9 Å². The molecule has 0 saturated carbocycles. The molecule has 0 aromatic carbocycles. The topological polar surface area (TPSA) is 105 Å². The summed E-state index contributed by atoms with van der Waals surface area (Å²) in [5.41, 5.74) is -0.518. The fraction of sp³-hybridized carbons (Fsp3) is 0.200. The van der Waals surface area contributed by atoms with Gasteiger partial charge in [0.2, 0.25) is 0 Å². The van der Waals surface area contributed by atoms with Gasteiger partial charge in [0.05, 0.1) is 17.1 Å². The third-order valence-corrected chi connectivity index (χ3v) is 2.05. The van der Waals surface area contributed by atoms with Gasteiger partial charge in [-0.25, -0.2) is 9.78 Å². The largest absolute Gasteiger partial charge is 1.00 e. The fourth-order valence-corrected chi connectivity index (χ4v) is 1.27. The third-order valence-electron chi connectivity index (χ3n) is 1.84. The molecule has 1 heterocycles. The Hall–Kier alpha value is -0.514. The van der Waals surface area contributed by atoms with Gasteiger partial charge in [-0.1, -0.05) is 11.6 Å². The number of rotatable bonds is 4. The number of nitro groups is 1. The molecule has 0 aliphatic carbocycles. The number of ether oxygens (including phenoxy) is 1. The van der Waals surface area contributed by atoms with Crippen LogP contribution in [0, 0.1) is 10.1 Å². The van der Waals surface area contributed by atoms with Crippen molar-refractivity contribution in [3.63, 3.8) is 0 Å². The van der Waals surface area contributed by atoms with E-state index >= 15 is 0 Å². The maximum Gasteiger partial charge on any atom is 1.00 e. The summed E-state index contributed by atoms with van der Waals surface area (Å²) in [4.78, 5) is 24.6. The van der Waals surface area contributed by atoms with Gasteiger partial charge in [-0.05, 0) is 24.8 Å². The second-order valence-electron chi connectivity index (χ2n) is 3.05. The van der Waals surface area contributed by atoms with Crippen LogP contribution in [0.25, 0.3) is 6.08 Å². The van der Waals surface area contributed by atoms with Crippen molar-refractivity contribution in [2.45, 2.75) is 6.92 Å². The van der Waals surface area contributed by atoms with Crippen LogP contribution in [0.4, 0.5) is 5.69 Å². The molecule has 19 heavy (non-hydrogen) atoms. The summed E-state index contributed by atoms with van der Waals surface area (Å²) < 4.78 is 4.47. The molecular weight excluding hydrogens is 303 g/mol. The van der Waals surface area contributed by atoms with Gasteiger partial charge < -0.3 is 9.84 Å². The molecule has 0 N–H and O–H groups in total. The molecule has 0 aliphatic rings. The SMILES string of the molecule is CCOC(=O)/C([O-])=C/c1cc(Cl)ncc1[N+](=O)[O-].[K+]. The molecule has 9 heteroatoms. The minimum atomic E-state index is -1.08. The minimum Gasteiger partial charge on any atom is -0.868 e. The number of esters is 1. The maximum absolute atomic E-state index is 11.4. The van der Waals surface area contributed by atoms with Crippen molar-refractivity contribution in [3.8, 4) is 0 Å². The maximum atomic E-state index is 11.4. The average Bonchev–Trinajstić information content (AvgIpc) is 2.28. The summed E-state index contributed by atoms with van der Waals surface area (Å²) in [6.07, 6.45) is 1.70. The Labute approximate surface area is 156 Å². The summed E-state index contributed by atoms with van der Waals surface area (Å²) in [6.45, 7) is 1.58. The molecule has 0 saturated heterocycles. The number of aromatic nitrogens is 1. The van der Waals surface area contributed by atoms with Crippen molar-refractivity contribution in [1.82, 2.24) is 4.98 Å². The number of pyridine rings is 1. The molecule has 1 aromatic rings. The Morgan fingerprint density at radius 3 is 2.79 bits per heavy atom. The van der Waals surface area contributed by atoms with E-state index in [4.69, 9.17) is 11.6 Å². The summed E-state index contributed by atoms with van der Waals surface area (Å²) in [7, 11) is 0. The molecule has 0 atom stereocenters. The van der Waals surface area contributed by atoms with E-state index in [0.29, 0.717) is 0 Å². The predicted molar refractivity (Wildman–Crippen MR) is 60.5 cm³/mol. The van der Waals surface area contributed by atoms with E-state index in [1.165, 1.54) is 6.92 Å². The summed E-state index contributed by atoms with van der Waals surface area (Å²) in [6, 6.07) is 1.12. The smallest absolute Gasteiger partial charge is 0.868 e. The van der Waals surface area contributed by atoms with Gasteiger partial charge in [0.15, 0.2) is 0 Å². The monoisotopic (exact) mass is 310 g/mol. The first kappa shape index (κ1) is 18.5. The van der Waals surface area contributed by atoms with Gasteiger partial charge in [-0.15, -0.1) is 0 Å². The zero-order valence-corrected chi connectivity index (χ0v) is 14.1. The van der Waals surface area contributed by atoms with Crippen molar-refractivity contribution in [2.24, 2.45) is 0 Å². The Balaban J connectivity index is 0.00000324. The molecule has 96 valence electrons. The van der Waals surface area contributed by atoms with Gasteiger partial charge >= 0.3 is 57.4 Å². The Morgan fingerprint density at radius 2 is 2.26 bits per heavy atom. The summed E-state index contributed by atoms with van der Waals surface area (Å²) in [5.74, 6) is -2.08. The van der Waals surface area contributed by atoms with Crippen molar-refractivity contribution >= 4 is 29.3 Å². The van der Waals surface area contributed by atoms with Crippen LogP contribution in [0.3, 0.4) is 0 Å². The molecule has 1 aromatic heterocycles. The first-order valence-corrected chi connectivity index (χ1v) is 5.19. The standard InChI is InChI=1S/C10H9ClN2O5.K/c1-2-18-10(15)8(14)3-6-4-9(11)12-5-7(6)13(16)17;/h3-5,14H,2H2,1H3;/q;+1/p-1/b8-3-;. The van der Waals surface area contributed by atoms with Crippen molar-refractivity contribution in [1.29, 1.82) is 0 Å². The van der Waals surface area contributed by atoms with Crippen LogP contribution in [0.5, 0.6) is 0 Å². The number of hydrogen-bond donors (Lipinski definition) is 0. The Bertz CT molecular complexity index is 521. The zero-order chi connectivity index (χ0) is 13.7. The molecule has 0 radical (unpaired) electrons. The molecule has 0 fully saturated rings. The van der Waals surface area contributed by atoms with Crippen molar-refractivity contribution in [2.75, 3.05) is 6.61 Å². The molecule has 0 unspecified atom stereocenters. The number of carbonyl (C=O) groups excluding carboxylic acids is 1. The molecule has 1 rings (SSSR count). The van der Waals surface area contributed by atoms with Gasteiger partial charge in [-0.2, -0.15) is 0 Å². The van der Waals surface area contributed by atoms with Crippen LogP contribution >= 0.6 is 11.6 Å². The van der Waals surface area contributed by atoms with Crippen LogP contribution in [0.2, 0.25) is 5.15 Å². The van der Waals surface area contributed by atoms with Crippen LogP contribution in [0.15, 0.2) is 18.0 Å². The zero-order valence-electron chi connectivity index (χ0n) is 10.3. The molecule has 0 aliphatic heterocycles. The number of halogens is 1. The van der Waals surface area contributed by atoms with E-state index < -0.39 is 22.3 Å². The van der Waals surface area contributed by atoms with E-state index in [1.54, 1.807) is 0 Å². The first-order chi connectivity index (χ1) is 8.45. The average molecular weight is 311 g/mol. The molecule has 7 nitrogen and oxygen atoms in total. The van der Waals surface area contributed by atoms with E-state index in [0.717, 1.165) is 18.3 Å². The van der Waals surface area contributed by atoms with Crippen LogP contribution < -0.4 is 56.5 Å². The van der Waals surface area contributed by atoms with E-state index in [1.807, 2.05) is 0 Å². The first-order valence-electron chi connectivity index (χ1n) is 4.81. The summed E-state index contributed by atoms with van der Waals surface area (Å²) in [5, 5.41) is 22.0. The molecule has 0 amide bonds. The van der Waals surface area contributed by atoms with Crippen LogP contribution in [-0.2, 0) is 9.53 Å². The normalized spacial score (nSPS) is 10.5. The fourth-order valence-electron chi connectivity index (χ4n) is 1.11.